The number of amides is 1. The Labute approximate surface area is 103 Å². The van der Waals surface area contributed by atoms with Crippen LogP contribution in [0.2, 0.25) is 5.02 Å². The van der Waals surface area contributed by atoms with Gasteiger partial charge < -0.3 is 10.2 Å². The highest BCUT2D eigenvalue weighted by Crippen LogP contribution is 2.20. The molecule has 6 heteroatoms. The Morgan fingerprint density at radius 2 is 2.29 bits per heavy atom. The van der Waals surface area contributed by atoms with Crippen molar-refractivity contribution in [2.45, 2.75) is 6.92 Å². The van der Waals surface area contributed by atoms with Gasteiger partial charge in [0.25, 0.3) is 5.91 Å². The molecule has 1 aromatic heterocycles. The minimum absolute atomic E-state index is 0.154. The number of carbonyl (C=O) groups excluding carboxylic acids is 1. The van der Waals surface area contributed by atoms with Gasteiger partial charge in [-0.25, -0.2) is 0 Å². The smallest absolute Gasteiger partial charge is 0.301 e. The van der Waals surface area contributed by atoms with E-state index in [1.54, 1.807) is 19.1 Å². The maximum absolute atomic E-state index is 11.8. The molecule has 0 fully saturated rings. The predicted molar refractivity (Wildman–Crippen MR) is 65.1 cm³/mol. The molecule has 0 radical (unpaired) electrons. The fourth-order valence-corrected chi connectivity index (χ4v) is 1.38. The van der Waals surface area contributed by atoms with Crippen LogP contribution in [0.4, 0.5) is 11.7 Å². The van der Waals surface area contributed by atoms with Crippen molar-refractivity contribution in [2.75, 3.05) is 11.1 Å². The summed E-state index contributed by atoms with van der Waals surface area (Å²) in [6, 6.07) is 4.78. The third kappa shape index (κ3) is 2.57. The Bertz CT molecular complexity index is 566. The molecule has 5 nitrogen and oxygen atoms in total. The number of nitrogen functional groups attached to an aromatic ring is 1. The molecule has 0 aliphatic carbocycles. The fraction of sp³-hybridized carbons (Fsp3) is 0.0909. The maximum Gasteiger partial charge on any atom is 0.301 e. The van der Waals surface area contributed by atoms with Gasteiger partial charge in [0.15, 0.2) is 0 Å². The number of oxazole rings is 1. The molecule has 0 saturated carbocycles. The molecule has 17 heavy (non-hydrogen) atoms. The molecule has 0 bridgehead atoms. The fourth-order valence-electron chi connectivity index (χ4n) is 1.27. The topological polar surface area (TPSA) is 81.2 Å². The monoisotopic (exact) mass is 251 g/mol. The van der Waals surface area contributed by atoms with E-state index in [0.717, 1.165) is 0 Å². The van der Waals surface area contributed by atoms with Crippen molar-refractivity contribution in [1.29, 1.82) is 0 Å². The molecule has 1 heterocycles. The highest BCUT2D eigenvalue weighted by atomic mass is 35.5. The number of nitrogens with one attached hydrogen (secondary N) is 1. The summed E-state index contributed by atoms with van der Waals surface area (Å²) in [7, 11) is 0. The Kier molecular flexibility index (Phi) is 3.01. The van der Waals surface area contributed by atoms with Crippen LogP contribution < -0.4 is 11.1 Å². The van der Waals surface area contributed by atoms with Crippen molar-refractivity contribution in [3.63, 3.8) is 0 Å². The van der Waals surface area contributed by atoms with E-state index in [4.69, 9.17) is 21.8 Å². The number of nitrogens with zero attached hydrogens (tertiary/aromatic N) is 1. The number of benzene rings is 1. The highest BCUT2D eigenvalue weighted by Gasteiger charge is 2.10. The summed E-state index contributed by atoms with van der Waals surface area (Å²) in [6.45, 7) is 1.76. The predicted octanol–water partition coefficient (Wildman–Crippen LogP) is 2.47. The molecule has 1 aromatic carbocycles. The van der Waals surface area contributed by atoms with Gasteiger partial charge in [-0.15, -0.1) is 0 Å². The summed E-state index contributed by atoms with van der Waals surface area (Å²) in [5, 5.41) is 2.92. The molecule has 3 N–H and O–H groups in total. The first-order valence-electron chi connectivity index (χ1n) is 4.85. The second kappa shape index (κ2) is 4.47. The number of halogens is 1. The second-order valence-electron chi connectivity index (χ2n) is 3.48. The Morgan fingerprint density at radius 3 is 2.88 bits per heavy atom. The summed E-state index contributed by atoms with van der Waals surface area (Å²) in [5.41, 5.74) is 7.04. The van der Waals surface area contributed by atoms with Crippen molar-refractivity contribution in [1.82, 2.24) is 4.98 Å². The van der Waals surface area contributed by atoms with Gasteiger partial charge in [0, 0.05) is 5.56 Å². The first kappa shape index (κ1) is 11.5. The van der Waals surface area contributed by atoms with Gasteiger partial charge in [0.2, 0.25) is 0 Å². The average molecular weight is 252 g/mol. The van der Waals surface area contributed by atoms with Crippen molar-refractivity contribution >= 4 is 29.2 Å². The highest BCUT2D eigenvalue weighted by molar-refractivity contribution is 6.33. The van der Waals surface area contributed by atoms with Crippen LogP contribution in [-0.2, 0) is 0 Å². The van der Waals surface area contributed by atoms with Crippen LogP contribution in [-0.4, -0.2) is 10.9 Å². The van der Waals surface area contributed by atoms with Gasteiger partial charge in [0.05, 0.1) is 16.4 Å². The number of aryl methyl sites for hydroxylation is 1. The number of hydrogen-bond acceptors (Lipinski definition) is 4. The summed E-state index contributed by atoms with van der Waals surface area (Å²) < 4.78 is 5.01. The van der Waals surface area contributed by atoms with Crippen LogP contribution in [0.5, 0.6) is 0 Å². The van der Waals surface area contributed by atoms with E-state index in [-0.39, 0.29) is 11.9 Å². The summed E-state index contributed by atoms with van der Waals surface area (Å²) in [5.74, 6) is -0.352. The average Bonchev–Trinajstić information content (AvgIpc) is 2.68. The lowest BCUT2D eigenvalue weighted by Crippen LogP contribution is -2.12. The van der Waals surface area contributed by atoms with Crippen molar-refractivity contribution < 1.29 is 9.21 Å². The first-order chi connectivity index (χ1) is 8.06. The Hall–Kier alpha value is -2.01. The number of aromatic nitrogens is 1. The molecule has 0 unspecified atom stereocenters. The lowest BCUT2D eigenvalue weighted by Gasteiger charge is -2.03. The van der Waals surface area contributed by atoms with E-state index in [1.807, 2.05) is 0 Å². The Balaban J connectivity index is 2.17. The molecule has 0 saturated heterocycles. The van der Waals surface area contributed by atoms with E-state index in [2.05, 4.69) is 10.3 Å². The molecule has 2 rings (SSSR count). The molecule has 88 valence electrons. The van der Waals surface area contributed by atoms with Crippen molar-refractivity contribution in [3.8, 4) is 0 Å². The van der Waals surface area contributed by atoms with Crippen LogP contribution in [0.25, 0.3) is 0 Å². The normalized spacial score (nSPS) is 10.2. The van der Waals surface area contributed by atoms with E-state index >= 15 is 0 Å². The summed E-state index contributed by atoms with van der Waals surface area (Å²) in [4.78, 5) is 15.7. The third-order valence-electron chi connectivity index (χ3n) is 2.10. The van der Waals surface area contributed by atoms with Crippen LogP contribution >= 0.6 is 11.6 Å². The Morgan fingerprint density at radius 1 is 1.53 bits per heavy atom. The molecule has 0 aliphatic heterocycles. The van der Waals surface area contributed by atoms with Gasteiger partial charge in [-0.05, 0) is 25.1 Å². The van der Waals surface area contributed by atoms with E-state index in [1.165, 1.54) is 12.3 Å². The molecule has 0 spiro atoms. The van der Waals surface area contributed by atoms with Gasteiger partial charge in [-0.3, -0.25) is 10.1 Å². The van der Waals surface area contributed by atoms with Crippen molar-refractivity contribution in [3.05, 3.63) is 40.7 Å². The van der Waals surface area contributed by atoms with E-state index in [0.29, 0.717) is 22.0 Å². The number of nitrogens with two attached hydrogens (primary N) is 1. The summed E-state index contributed by atoms with van der Waals surface area (Å²) in [6.07, 6.45) is 1.45. The zero-order valence-corrected chi connectivity index (χ0v) is 9.78. The molecular weight excluding hydrogens is 242 g/mol. The lowest BCUT2D eigenvalue weighted by atomic mass is 10.2. The second-order valence-corrected chi connectivity index (χ2v) is 3.89. The standard InChI is InChI=1S/C11H10ClN3O2/c1-6-5-17-11(14-6)15-10(16)7-2-3-8(12)9(13)4-7/h2-5H,13H2,1H3,(H,14,15,16). The third-order valence-corrected chi connectivity index (χ3v) is 2.44. The number of carbonyl (C=O) groups is 1. The van der Waals surface area contributed by atoms with Crippen LogP contribution in [0.3, 0.4) is 0 Å². The van der Waals surface area contributed by atoms with Gasteiger partial charge in [-0.1, -0.05) is 11.6 Å². The quantitative estimate of drug-likeness (QED) is 0.804. The van der Waals surface area contributed by atoms with E-state index in [9.17, 15) is 4.79 Å². The minimum Gasteiger partial charge on any atom is -0.432 e. The van der Waals surface area contributed by atoms with Crippen LogP contribution in [0.1, 0.15) is 16.1 Å². The van der Waals surface area contributed by atoms with Gasteiger partial charge in [0.1, 0.15) is 6.26 Å². The van der Waals surface area contributed by atoms with Crippen LogP contribution in [0, 0.1) is 6.92 Å². The number of hydrogen-bond donors (Lipinski definition) is 2. The molecule has 2 aromatic rings. The molecule has 0 aliphatic rings. The SMILES string of the molecule is Cc1coc(NC(=O)c2ccc(Cl)c(N)c2)n1. The summed E-state index contributed by atoms with van der Waals surface area (Å²) >= 11 is 5.76. The zero-order chi connectivity index (χ0) is 12.4. The number of anilines is 2. The first-order valence-corrected chi connectivity index (χ1v) is 5.22. The van der Waals surface area contributed by atoms with Gasteiger partial charge >= 0.3 is 6.01 Å². The number of rotatable bonds is 2. The largest absolute Gasteiger partial charge is 0.432 e. The molecule has 1 amide bonds. The molecular formula is C11H10ClN3O2. The van der Waals surface area contributed by atoms with E-state index < -0.39 is 0 Å². The van der Waals surface area contributed by atoms with Gasteiger partial charge in [-0.2, -0.15) is 4.98 Å². The lowest BCUT2D eigenvalue weighted by molar-refractivity contribution is 0.102. The maximum atomic E-state index is 11.8. The zero-order valence-electron chi connectivity index (χ0n) is 9.03. The minimum atomic E-state index is -0.352. The van der Waals surface area contributed by atoms with Crippen molar-refractivity contribution in [2.24, 2.45) is 0 Å². The van der Waals surface area contributed by atoms with Crippen LogP contribution in [0.15, 0.2) is 28.9 Å². The molecule has 0 atom stereocenters.